The number of aliphatic hydroxyl groups is 1. The molecule has 0 atom stereocenters. The van der Waals surface area contributed by atoms with Crippen LogP contribution in [0, 0.1) is 0 Å². The van der Waals surface area contributed by atoms with Gasteiger partial charge < -0.3 is 15.3 Å². The summed E-state index contributed by atoms with van der Waals surface area (Å²) in [5.74, 6) is 0. The molecule has 1 aliphatic carbocycles. The van der Waals surface area contributed by atoms with Gasteiger partial charge in [0.1, 0.15) is 0 Å². The maximum Gasteiger partial charge on any atom is 0.322 e. The number of hydrogen-bond donors (Lipinski definition) is 2. The van der Waals surface area contributed by atoms with Crippen molar-refractivity contribution >= 4 is 11.7 Å². The highest BCUT2D eigenvalue weighted by Gasteiger charge is 2.32. The van der Waals surface area contributed by atoms with Crippen LogP contribution in [0.3, 0.4) is 0 Å². The van der Waals surface area contributed by atoms with Crippen LogP contribution in [-0.4, -0.2) is 35.2 Å². The fourth-order valence-electron chi connectivity index (χ4n) is 2.01. The molecule has 2 amide bonds. The predicted molar refractivity (Wildman–Crippen MR) is 71.7 cm³/mol. The smallest absolute Gasteiger partial charge is 0.322 e. The highest BCUT2D eigenvalue weighted by molar-refractivity contribution is 5.89. The van der Waals surface area contributed by atoms with Gasteiger partial charge in [0, 0.05) is 18.3 Å². The highest BCUT2D eigenvalue weighted by atomic mass is 16.3. The van der Waals surface area contributed by atoms with Gasteiger partial charge >= 0.3 is 6.03 Å². The number of aryl methyl sites for hydroxylation is 1. The number of urea groups is 1. The van der Waals surface area contributed by atoms with E-state index in [1.54, 1.807) is 4.90 Å². The second-order valence-electron chi connectivity index (χ2n) is 4.63. The molecule has 0 heterocycles. The molecule has 0 radical (unpaired) electrons. The van der Waals surface area contributed by atoms with Crippen molar-refractivity contribution in [2.24, 2.45) is 0 Å². The minimum Gasteiger partial charge on any atom is -0.395 e. The topological polar surface area (TPSA) is 52.6 Å². The normalized spacial score (nSPS) is 14.3. The zero-order valence-electron chi connectivity index (χ0n) is 10.7. The molecule has 0 bridgehead atoms. The highest BCUT2D eigenvalue weighted by Crippen LogP contribution is 2.27. The minimum atomic E-state index is -0.111. The van der Waals surface area contributed by atoms with E-state index < -0.39 is 0 Å². The van der Waals surface area contributed by atoms with E-state index in [9.17, 15) is 4.79 Å². The van der Waals surface area contributed by atoms with Gasteiger partial charge in [-0.05, 0) is 37.0 Å². The fourth-order valence-corrected chi connectivity index (χ4v) is 2.01. The number of carbonyl (C=O) groups is 1. The van der Waals surface area contributed by atoms with Gasteiger partial charge in [-0.3, -0.25) is 0 Å². The quantitative estimate of drug-likeness (QED) is 0.839. The number of anilines is 1. The Morgan fingerprint density at radius 2 is 2.28 bits per heavy atom. The summed E-state index contributed by atoms with van der Waals surface area (Å²) in [5, 5.41) is 11.9. The van der Waals surface area contributed by atoms with Crippen LogP contribution in [0.4, 0.5) is 10.5 Å². The van der Waals surface area contributed by atoms with E-state index in [0.29, 0.717) is 12.6 Å². The first kappa shape index (κ1) is 12.9. The van der Waals surface area contributed by atoms with Crippen molar-refractivity contribution in [3.05, 3.63) is 29.8 Å². The van der Waals surface area contributed by atoms with E-state index in [2.05, 4.69) is 12.2 Å². The zero-order chi connectivity index (χ0) is 13.0. The Bertz CT molecular complexity index is 416. The van der Waals surface area contributed by atoms with Gasteiger partial charge in [0.25, 0.3) is 0 Å². The molecule has 4 nitrogen and oxygen atoms in total. The van der Waals surface area contributed by atoms with Crippen LogP contribution in [0.25, 0.3) is 0 Å². The molecule has 2 N–H and O–H groups in total. The van der Waals surface area contributed by atoms with Crippen molar-refractivity contribution in [3.8, 4) is 0 Å². The lowest BCUT2D eigenvalue weighted by molar-refractivity contribution is 0.185. The van der Waals surface area contributed by atoms with Gasteiger partial charge in [-0.2, -0.15) is 0 Å². The van der Waals surface area contributed by atoms with Crippen LogP contribution < -0.4 is 5.32 Å². The minimum absolute atomic E-state index is 0.0128. The summed E-state index contributed by atoms with van der Waals surface area (Å²) in [5.41, 5.74) is 2.02. The maximum atomic E-state index is 12.1. The second kappa shape index (κ2) is 5.87. The number of rotatable bonds is 5. The number of carbonyl (C=O) groups excluding carboxylic acids is 1. The molecular weight excluding hydrogens is 228 g/mol. The van der Waals surface area contributed by atoms with Gasteiger partial charge in [-0.1, -0.05) is 19.1 Å². The summed E-state index contributed by atoms with van der Waals surface area (Å²) in [7, 11) is 0. The van der Waals surface area contributed by atoms with Crippen molar-refractivity contribution in [3.63, 3.8) is 0 Å². The SMILES string of the molecule is CCc1cccc(NC(=O)N(CCO)C2CC2)c1. The second-order valence-corrected chi connectivity index (χ2v) is 4.63. The average molecular weight is 248 g/mol. The zero-order valence-corrected chi connectivity index (χ0v) is 10.7. The summed E-state index contributed by atoms with van der Waals surface area (Å²) >= 11 is 0. The molecular formula is C14H20N2O2. The van der Waals surface area contributed by atoms with Crippen LogP contribution in [0.15, 0.2) is 24.3 Å². The first-order valence-electron chi connectivity index (χ1n) is 6.52. The first-order valence-corrected chi connectivity index (χ1v) is 6.52. The van der Waals surface area contributed by atoms with Crippen molar-refractivity contribution in [1.82, 2.24) is 4.90 Å². The molecule has 1 saturated carbocycles. The number of aliphatic hydroxyl groups excluding tert-OH is 1. The lowest BCUT2D eigenvalue weighted by Crippen LogP contribution is -2.38. The van der Waals surface area contributed by atoms with E-state index >= 15 is 0 Å². The van der Waals surface area contributed by atoms with E-state index in [-0.39, 0.29) is 12.6 Å². The van der Waals surface area contributed by atoms with E-state index in [0.717, 1.165) is 24.9 Å². The monoisotopic (exact) mass is 248 g/mol. The van der Waals surface area contributed by atoms with Gasteiger partial charge in [0.15, 0.2) is 0 Å². The molecule has 1 fully saturated rings. The van der Waals surface area contributed by atoms with Gasteiger partial charge in [-0.25, -0.2) is 4.79 Å². The molecule has 2 rings (SSSR count). The molecule has 1 aliphatic rings. The summed E-state index contributed by atoms with van der Waals surface area (Å²) in [6.07, 6.45) is 3.04. The molecule has 4 heteroatoms. The van der Waals surface area contributed by atoms with Crippen LogP contribution in [0.5, 0.6) is 0 Å². The average Bonchev–Trinajstić information content (AvgIpc) is 3.20. The first-order chi connectivity index (χ1) is 8.74. The molecule has 1 aromatic rings. The molecule has 0 unspecified atom stereocenters. The molecule has 98 valence electrons. The largest absolute Gasteiger partial charge is 0.395 e. The number of nitrogens with zero attached hydrogens (tertiary/aromatic N) is 1. The van der Waals surface area contributed by atoms with Crippen molar-refractivity contribution in [2.75, 3.05) is 18.5 Å². The molecule has 1 aromatic carbocycles. The van der Waals surface area contributed by atoms with Crippen molar-refractivity contribution in [1.29, 1.82) is 0 Å². The Labute approximate surface area is 108 Å². The Hall–Kier alpha value is -1.55. The Kier molecular flexibility index (Phi) is 4.20. The van der Waals surface area contributed by atoms with Crippen LogP contribution in [-0.2, 0) is 6.42 Å². The predicted octanol–water partition coefficient (Wildman–Crippen LogP) is 2.24. The summed E-state index contributed by atoms with van der Waals surface area (Å²) in [6.45, 7) is 2.51. The van der Waals surface area contributed by atoms with Crippen molar-refractivity contribution in [2.45, 2.75) is 32.2 Å². The Morgan fingerprint density at radius 1 is 1.50 bits per heavy atom. The van der Waals surface area contributed by atoms with Crippen molar-refractivity contribution < 1.29 is 9.90 Å². The molecule has 18 heavy (non-hydrogen) atoms. The number of benzene rings is 1. The number of amides is 2. The summed E-state index contributed by atoms with van der Waals surface area (Å²) < 4.78 is 0. The maximum absolute atomic E-state index is 12.1. The molecule has 0 spiro atoms. The Balaban J connectivity index is 2.00. The van der Waals surface area contributed by atoms with Crippen LogP contribution in [0.1, 0.15) is 25.3 Å². The third-order valence-corrected chi connectivity index (χ3v) is 3.18. The number of hydrogen-bond acceptors (Lipinski definition) is 2. The fraction of sp³-hybridized carbons (Fsp3) is 0.500. The molecule has 0 saturated heterocycles. The standard InChI is InChI=1S/C14H20N2O2/c1-2-11-4-3-5-12(10-11)15-14(18)16(8-9-17)13-6-7-13/h3-5,10,13,17H,2,6-9H2,1H3,(H,15,18). The van der Waals surface area contributed by atoms with Gasteiger partial charge in [0.2, 0.25) is 0 Å². The van der Waals surface area contributed by atoms with Gasteiger partial charge in [-0.15, -0.1) is 0 Å². The molecule has 0 aliphatic heterocycles. The summed E-state index contributed by atoms with van der Waals surface area (Å²) in [4.78, 5) is 13.8. The van der Waals surface area contributed by atoms with E-state index in [4.69, 9.17) is 5.11 Å². The lowest BCUT2D eigenvalue weighted by Gasteiger charge is -2.21. The van der Waals surface area contributed by atoms with Crippen LogP contribution >= 0.6 is 0 Å². The van der Waals surface area contributed by atoms with Crippen LogP contribution in [0.2, 0.25) is 0 Å². The molecule has 0 aromatic heterocycles. The third-order valence-electron chi connectivity index (χ3n) is 3.18. The number of nitrogens with one attached hydrogen (secondary N) is 1. The lowest BCUT2D eigenvalue weighted by atomic mass is 10.1. The third kappa shape index (κ3) is 3.23. The van der Waals surface area contributed by atoms with E-state index in [1.807, 2.05) is 24.3 Å². The Morgan fingerprint density at radius 3 is 2.89 bits per heavy atom. The van der Waals surface area contributed by atoms with Gasteiger partial charge in [0.05, 0.1) is 6.61 Å². The summed E-state index contributed by atoms with van der Waals surface area (Å²) in [6, 6.07) is 8.07. The van der Waals surface area contributed by atoms with E-state index in [1.165, 1.54) is 5.56 Å².